The molecule has 1 aromatic heterocycles. The Morgan fingerprint density at radius 2 is 1.16 bits per heavy atom. The number of rotatable bonds is 5. The van der Waals surface area contributed by atoms with Crippen molar-refractivity contribution < 1.29 is 9.53 Å². The van der Waals surface area contributed by atoms with Gasteiger partial charge in [-0.05, 0) is 0 Å². The van der Waals surface area contributed by atoms with Gasteiger partial charge in [0, 0.05) is 0 Å². The van der Waals surface area contributed by atoms with Crippen molar-refractivity contribution >= 4 is 53.7 Å². The van der Waals surface area contributed by atoms with Crippen molar-refractivity contribution in [2.24, 2.45) is 0 Å². The fraction of sp³-hybridized carbons (Fsp3) is 0.156. The van der Waals surface area contributed by atoms with Gasteiger partial charge >= 0.3 is 227 Å². The molecule has 0 fully saturated rings. The van der Waals surface area contributed by atoms with Gasteiger partial charge in [0.15, 0.2) is 0 Å². The van der Waals surface area contributed by atoms with E-state index in [1.165, 1.54) is 15.9 Å². The summed E-state index contributed by atoms with van der Waals surface area (Å²) in [5.41, 5.74) is 1.35. The third kappa shape index (κ3) is 4.54. The average Bonchev–Trinajstić information content (AvgIpc) is 3.27. The molecule has 0 amide bonds. The van der Waals surface area contributed by atoms with E-state index in [1.807, 2.05) is 45.2 Å². The molecular weight excluding hydrogens is 541 g/mol. The molecule has 0 aliphatic carbocycles. The monoisotopic (exact) mass is 571 g/mol. The second kappa shape index (κ2) is 9.59. The van der Waals surface area contributed by atoms with Gasteiger partial charge in [-0.2, -0.15) is 0 Å². The first kappa shape index (κ1) is 25.4. The van der Waals surface area contributed by atoms with Crippen LogP contribution in [0.5, 0.6) is 0 Å². The fourth-order valence-electron chi connectivity index (χ4n) is 5.10. The first-order valence-corrected chi connectivity index (χ1v) is 16.9. The number of aromatic nitrogens is 1. The van der Waals surface area contributed by atoms with Crippen LogP contribution in [0.4, 0.5) is 4.79 Å². The van der Waals surface area contributed by atoms with Gasteiger partial charge < -0.3 is 0 Å². The zero-order chi connectivity index (χ0) is 26.1. The maximum absolute atomic E-state index is 13.3. The maximum atomic E-state index is 13.3. The van der Waals surface area contributed by atoms with Crippen LogP contribution in [0.3, 0.4) is 0 Å². The first-order valence-electron chi connectivity index (χ1n) is 12.4. The number of hydrogen-bond acceptors (Lipinski definition) is 2. The standard InChI is InChI=1S/C32H31BrNO2P/c1-32(2,3)36-31(35)34-23-25(29-21-13-14-22-30(29)34)24-37(33,26-15-7-4-8-16-26,27-17-9-5-10-18-27)28-19-11-6-12-20-28/h4-23H,24H2,1-3H3. The molecule has 0 radical (unpaired) electrons. The molecule has 0 spiro atoms. The number of halogens is 1. The van der Waals surface area contributed by atoms with Gasteiger partial charge in [-0.1, -0.05) is 0 Å². The molecule has 3 nitrogen and oxygen atoms in total. The zero-order valence-corrected chi connectivity index (χ0v) is 23.8. The molecule has 5 rings (SSSR count). The van der Waals surface area contributed by atoms with Crippen LogP contribution in [0.15, 0.2) is 121 Å². The van der Waals surface area contributed by atoms with Gasteiger partial charge in [0.1, 0.15) is 0 Å². The summed E-state index contributed by atoms with van der Waals surface area (Å²) in [6.07, 6.45) is 2.29. The second-order valence-electron chi connectivity index (χ2n) is 10.4. The summed E-state index contributed by atoms with van der Waals surface area (Å²) in [6.45, 7) is 5.67. The normalized spacial score (nSPS) is 13.1. The molecular formula is C32H31BrNO2P. The summed E-state index contributed by atoms with van der Waals surface area (Å²) in [7, 11) is 0. The number of nitrogens with zero attached hydrogens (tertiary/aromatic N) is 1. The van der Waals surface area contributed by atoms with E-state index in [2.05, 4.69) is 113 Å². The minimum atomic E-state index is -3.23. The molecule has 5 heteroatoms. The van der Waals surface area contributed by atoms with Gasteiger partial charge in [-0.15, -0.1) is 0 Å². The SMILES string of the molecule is CC(C)(C)OC(=O)n1cc(CP(Br)(c2ccccc2)(c2ccccc2)c2ccccc2)c2ccccc21. The molecule has 5 aromatic rings. The van der Waals surface area contributed by atoms with Crippen molar-refractivity contribution in [2.75, 3.05) is 0 Å². The Hall–Kier alpha value is -3.20. The van der Waals surface area contributed by atoms with E-state index in [-0.39, 0.29) is 6.09 Å². The quantitative estimate of drug-likeness (QED) is 0.202. The third-order valence-corrected chi connectivity index (χ3v) is 16.2. The Kier molecular flexibility index (Phi) is 6.60. The van der Waals surface area contributed by atoms with E-state index < -0.39 is 10.9 Å². The molecule has 0 N–H and O–H groups in total. The van der Waals surface area contributed by atoms with E-state index in [0.717, 1.165) is 16.5 Å². The van der Waals surface area contributed by atoms with Crippen molar-refractivity contribution in [2.45, 2.75) is 32.5 Å². The number of fused-ring (bicyclic) bond motifs is 1. The average molecular weight is 572 g/mol. The van der Waals surface area contributed by atoms with E-state index in [9.17, 15) is 4.79 Å². The fourth-order valence-corrected chi connectivity index (χ4v) is 12.7. The van der Waals surface area contributed by atoms with Crippen LogP contribution >= 0.6 is 20.8 Å². The second-order valence-corrected chi connectivity index (χ2v) is 19.3. The number of carbonyl (C=O) groups is 1. The van der Waals surface area contributed by atoms with Crippen molar-refractivity contribution in [3.63, 3.8) is 0 Å². The molecule has 0 unspecified atom stereocenters. The van der Waals surface area contributed by atoms with Gasteiger partial charge in [-0.25, -0.2) is 0 Å². The number of ether oxygens (including phenoxy) is 1. The van der Waals surface area contributed by atoms with Crippen molar-refractivity contribution in [1.82, 2.24) is 4.57 Å². The van der Waals surface area contributed by atoms with Crippen molar-refractivity contribution in [3.8, 4) is 0 Å². The summed E-state index contributed by atoms with van der Waals surface area (Å²) in [5, 5.41) is 1.53. The molecule has 1 heterocycles. The number of carbonyl (C=O) groups excluding carboxylic acids is 1. The van der Waals surface area contributed by atoms with Crippen LogP contribution in [0.2, 0.25) is 0 Å². The van der Waals surface area contributed by atoms with Gasteiger partial charge in [0.25, 0.3) is 0 Å². The topological polar surface area (TPSA) is 31.2 Å². The van der Waals surface area contributed by atoms with Crippen molar-refractivity contribution in [1.29, 1.82) is 0 Å². The summed E-state index contributed by atoms with van der Waals surface area (Å²) >= 11 is 4.54. The van der Waals surface area contributed by atoms with Crippen LogP contribution in [-0.4, -0.2) is 16.3 Å². The molecule has 0 atom stereocenters. The number of para-hydroxylation sites is 1. The Labute approximate surface area is 226 Å². The van der Waals surface area contributed by atoms with E-state index in [4.69, 9.17) is 4.74 Å². The molecule has 0 aliphatic rings. The van der Waals surface area contributed by atoms with Crippen molar-refractivity contribution in [3.05, 3.63) is 127 Å². The van der Waals surface area contributed by atoms with Gasteiger partial charge in [0.2, 0.25) is 0 Å². The molecule has 0 saturated carbocycles. The Bertz CT molecular complexity index is 1440. The van der Waals surface area contributed by atoms with Crippen LogP contribution < -0.4 is 15.9 Å². The van der Waals surface area contributed by atoms with E-state index in [1.54, 1.807) is 4.57 Å². The predicted molar refractivity (Wildman–Crippen MR) is 161 cm³/mol. The predicted octanol–water partition coefficient (Wildman–Crippen LogP) is 7.76. The summed E-state index contributed by atoms with van der Waals surface area (Å²) < 4.78 is 7.44. The van der Waals surface area contributed by atoms with E-state index in [0.29, 0.717) is 6.16 Å². The van der Waals surface area contributed by atoms with Crippen LogP contribution in [0.25, 0.3) is 10.9 Å². The molecule has 188 valence electrons. The molecule has 37 heavy (non-hydrogen) atoms. The molecule has 4 aromatic carbocycles. The van der Waals surface area contributed by atoms with E-state index >= 15 is 0 Å². The Morgan fingerprint density at radius 3 is 1.62 bits per heavy atom. The molecule has 0 bridgehead atoms. The Balaban J connectivity index is 1.81. The van der Waals surface area contributed by atoms with Gasteiger partial charge in [-0.3, -0.25) is 0 Å². The van der Waals surface area contributed by atoms with Crippen LogP contribution in [-0.2, 0) is 10.9 Å². The number of benzene rings is 4. The summed E-state index contributed by atoms with van der Waals surface area (Å²) in [6, 6.07) is 40.2. The third-order valence-electron chi connectivity index (χ3n) is 6.74. The summed E-state index contributed by atoms with van der Waals surface area (Å²) in [4.78, 5) is 13.3. The Morgan fingerprint density at radius 1 is 0.730 bits per heavy atom. The van der Waals surface area contributed by atoms with Crippen LogP contribution in [0, 0.1) is 0 Å². The molecule has 0 saturated heterocycles. The minimum absolute atomic E-state index is 0.371. The zero-order valence-electron chi connectivity index (χ0n) is 21.3. The summed E-state index contributed by atoms with van der Waals surface area (Å²) in [5.74, 6) is 0. The van der Waals surface area contributed by atoms with Gasteiger partial charge in [0.05, 0.1) is 0 Å². The molecule has 0 aliphatic heterocycles. The number of hydrogen-bond donors (Lipinski definition) is 0. The first-order chi connectivity index (χ1) is 17.7. The van der Waals surface area contributed by atoms with Crippen LogP contribution in [0.1, 0.15) is 26.3 Å².